The summed E-state index contributed by atoms with van der Waals surface area (Å²) < 4.78 is 41.8. The van der Waals surface area contributed by atoms with Crippen molar-refractivity contribution in [2.24, 2.45) is 0 Å². The number of nitrogens with one attached hydrogen (secondary N) is 1. The number of amides is 1. The van der Waals surface area contributed by atoms with Crippen LogP contribution in [0, 0.1) is 0 Å². The van der Waals surface area contributed by atoms with Gasteiger partial charge in [-0.1, -0.05) is 17.8 Å². The fourth-order valence-corrected chi connectivity index (χ4v) is 2.81. The molecule has 1 amide bonds. The lowest BCUT2D eigenvalue weighted by Crippen LogP contribution is -2.25. The highest BCUT2D eigenvalue weighted by Crippen LogP contribution is 2.24. The van der Waals surface area contributed by atoms with Crippen molar-refractivity contribution in [1.29, 1.82) is 0 Å². The molecule has 28 heavy (non-hydrogen) atoms. The number of halogens is 3. The van der Waals surface area contributed by atoms with E-state index < -0.39 is 6.36 Å². The number of aromatic nitrogens is 5. The zero-order valence-corrected chi connectivity index (χ0v) is 14.9. The van der Waals surface area contributed by atoms with Gasteiger partial charge in [-0.05, 0) is 46.8 Å². The highest BCUT2D eigenvalue weighted by molar-refractivity contribution is 7.99. The summed E-state index contributed by atoms with van der Waals surface area (Å²) >= 11 is 1.09. The lowest BCUT2D eigenvalue weighted by Gasteiger charge is -2.09. The van der Waals surface area contributed by atoms with Crippen LogP contribution in [0.3, 0.4) is 0 Å². The maximum atomic E-state index is 12.2. The predicted molar refractivity (Wildman–Crippen MR) is 92.6 cm³/mol. The van der Waals surface area contributed by atoms with Crippen LogP contribution in [0.25, 0.3) is 5.69 Å². The highest BCUT2D eigenvalue weighted by Gasteiger charge is 2.31. The zero-order valence-electron chi connectivity index (χ0n) is 14.1. The van der Waals surface area contributed by atoms with Gasteiger partial charge < -0.3 is 10.1 Å². The first-order valence-corrected chi connectivity index (χ1v) is 8.83. The number of tetrazole rings is 1. The molecule has 0 aliphatic rings. The number of benzene rings is 1. The number of alkyl halides is 3. The van der Waals surface area contributed by atoms with Crippen LogP contribution in [0.2, 0.25) is 0 Å². The first-order chi connectivity index (χ1) is 13.4. The SMILES string of the molecule is O=C(CSc1nnnn1-c1ccc(OC(F)(F)F)cc1)NCc1ccccn1. The molecule has 0 aliphatic carbocycles. The Labute approximate surface area is 161 Å². The van der Waals surface area contributed by atoms with E-state index in [1.54, 1.807) is 18.3 Å². The van der Waals surface area contributed by atoms with E-state index in [2.05, 4.69) is 30.6 Å². The molecule has 0 bridgehead atoms. The molecule has 8 nitrogen and oxygen atoms in total. The van der Waals surface area contributed by atoms with E-state index >= 15 is 0 Å². The number of nitrogens with zero attached hydrogens (tertiary/aromatic N) is 5. The number of carbonyl (C=O) groups is 1. The Morgan fingerprint density at radius 3 is 2.64 bits per heavy atom. The van der Waals surface area contributed by atoms with Gasteiger partial charge in [0.05, 0.1) is 23.7 Å². The lowest BCUT2D eigenvalue weighted by molar-refractivity contribution is -0.274. The topological polar surface area (TPSA) is 94.8 Å². The van der Waals surface area contributed by atoms with Gasteiger partial charge in [-0.15, -0.1) is 18.3 Å². The van der Waals surface area contributed by atoms with Crippen LogP contribution in [0.1, 0.15) is 5.69 Å². The van der Waals surface area contributed by atoms with Crippen LogP contribution >= 0.6 is 11.8 Å². The summed E-state index contributed by atoms with van der Waals surface area (Å²) in [5, 5.41) is 14.2. The summed E-state index contributed by atoms with van der Waals surface area (Å²) in [5.74, 6) is -0.533. The largest absolute Gasteiger partial charge is 0.573 e. The molecule has 0 spiro atoms. The summed E-state index contributed by atoms with van der Waals surface area (Å²) in [4.78, 5) is 16.1. The highest BCUT2D eigenvalue weighted by atomic mass is 32.2. The molecular weight excluding hydrogens is 397 g/mol. The molecule has 3 aromatic rings. The van der Waals surface area contributed by atoms with Crippen LogP contribution in [0.5, 0.6) is 5.75 Å². The number of rotatable bonds is 7. The Bertz CT molecular complexity index is 918. The van der Waals surface area contributed by atoms with Crippen molar-refractivity contribution < 1.29 is 22.7 Å². The number of pyridine rings is 1. The average Bonchev–Trinajstić information content (AvgIpc) is 3.13. The second kappa shape index (κ2) is 8.69. The molecule has 0 aliphatic heterocycles. The number of hydrogen-bond donors (Lipinski definition) is 1. The third-order valence-corrected chi connectivity index (χ3v) is 4.20. The second-order valence-corrected chi connectivity index (χ2v) is 6.24. The van der Waals surface area contributed by atoms with Gasteiger partial charge in [0.2, 0.25) is 11.1 Å². The molecule has 0 unspecified atom stereocenters. The molecule has 0 atom stereocenters. The van der Waals surface area contributed by atoms with Crippen molar-refractivity contribution in [2.75, 3.05) is 5.75 Å². The van der Waals surface area contributed by atoms with Crippen LogP contribution in [-0.4, -0.2) is 43.2 Å². The smallest absolute Gasteiger partial charge is 0.406 e. The zero-order chi connectivity index (χ0) is 20.0. The summed E-state index contributed by atoms with van der Waals surface area (Å²) in [6, 6.07) is 10.5. The summed E-state index contributed by atoms with van der Waals surface area (Å²) in [5.41, 5.74) is 1.16. The van der Waals surface area contributed by atoms with Gasteiger partial charge >= 0.3 is 6.36 Å². The first kappa shape index (κ1) is 19.6. The van der Waals surface area contributed by atoms with E-state index in [1.807, 2.05) is 6.07 Å². The minimum atomic E-state index is -4.76. The quantitative estimate of drug-likeness (QED) is 0.598. The van der Waals surface area contributed by atoms with Crippen LogP contribution in [0.4, 0.5) is 13.2 Å². The van der Waals surface area contributed by atoms with E-state index in [1.165, 1.54) is 16.8 Å². The maximum absolute atomic E-state index is 12.2. The van der Waals surface area contributed by atoms with E-state index in [0.717, 1.165) is 29.6 Å². The molecule has 0 fully saturated rings. The Hall–Kier alpha value is -3.15. The Balaban J connectivity index is 1.57. The van der Waals surface area contributed by atoms with Crippen molar-refractivity contribution in [1.82, 2.24) is 30.5 Å². The molecule has 146 valence electrons. The molecule has 1 N–H and O–H groups in total. The Morgan fingerprint density at radius 1 is 1.18 bits per heavy atom. The van der Waals surface area contributed by atoms with Gasteiger partial charge in [0, 0.05) is 6.20 Å². The number of carbonyl (C=O) groups excluding carboxylic acids is 1. The van der Waals surface area contributed by atoms with Crippen molar-refractivity contribution >= 4 is 17.7 Å². The molecule has 0 radical (unpaired) electrons. The lowest BCUT2D eigenvalue weighted by atomic mass is 10.3. The van der Waals surface area contributed by atoms with Gasteiger partial charge in [-0.2, -0.15) is 4.68 Å². The van der Waals surface area contributed by atoms with Gasteiger partial charge in [-0.25, -0.2) is 0 Å². The van der Waals surface area contributed by atoms with Crippen molar-refractivity contribution in [3.05, 3.63) is 54.4 Å². The third-order valence-electron chi connectivity index (χ3n) is 3.28. The average molecular weight is 410 g/mol. The minimum Gasteiger partial charge on any atom is -0.406 e. The summed E-state index contributed by atoms with van der Waals surface area (Å²) in [7, 11) is 0. The molecule has 12 heteroatoms. The molecule has 0 saturated carbocycles. The van der Waals surface area contributed by atoms with E-state index in [-0.39, 0.29) is 17.4 Å². The van der Waals surface area contributed by atoms with Gasteiger partial charge in [0.1, 0.15) is 5.75 Å². The first-order valence-electron chi connectivity index (χ1n) is 7.85. The van der Waals surface area contributed by atoms with E-state index in [9.17, 15) is 18.0 Å². The molecule has 3 rings (SSSR count). The van der Waals surface area contributed by atoms with Crippen LogP contribution in [-0.2, 0) is 11.3 Å². The van der Waals surface area contributed by atoms with Crippen LogP contribution < -0.4 is 10.1 Å². The number of hydrogen-bond acceptors (Lipinski definition) is 7. The predicted octanol–water partition coefficient (Wildman–Crippen LogP) is 2.36. The Morgan fingerprint density at radius 2 is 1.96 bits per heavy atom. The normalized spacial score (nSPS) is 11.2. The fraction of sp³-hybridized carbons (Fsp3) is 0.188. The number of thioether (sulfide) groups is 1. The molecule has 2 heterocycles. The Kier molecular flexibility index (Phi) is 6.09. The van der Waals surface area contributed by atoms with Gasteiger partial charge in [-0.3, -0.25) is 9.78 Å². The standard InChI is InChI=1S/C16H13F3N6O2S/c17-16(18,19)27-13-6-4-12(5-7-13)25-15(22-23-24-25)28-10-14(26)21-9-11-3-1-2-8-20-11/h1-8H,9-10H2,(H,21,26). The van der Waals surface area contributed by atoms with E-state index in [4.69, 9.17) is 0 Å². The fourth-order valence-electron chi connectivity index (χ4n) is 2.09. The third kappa shape index (κ3) is 5.67. The molecule has 1 aromatic carbocycles. The van der Waals surface area contributed by atoms with E-state index in [0.29, 0.717) is 17.4 Å². The van der Waals surface area contributed by atoms with Crippen LogP contribution in [0.15, 0.2) is 53.8 Å². The van der Waals surface area contributed by atoms with Crippen molar-refractivity contribution in [3.8, 4) is 11.4 Å². The molecule has 2 aromatic heterocycles. The molecule has 0 saturated heterocycles. The van der Waals surface area contributed by atoms with Gasteiger partial charge in [0.25, 0.3) is 0 Å². The second-order valence-electron chi connectivity index (χ2n) is 5.30. The summed E-state index contributed by atoms with van der Waals surface area (Å²) in [6.07, 6.45) is -3.13. The van der Waals surface area contributed by atoms with Crippen molar-refractivity contribution in [3.63, 3.8) is 0 Å². The number of ether oxygens (including phenoxy) is 1. The monoisotopic (exact) mass is 410 g/mol. The minimum absolute atomic E-state index is 0.0580. The summed E-state index contributed by atoms with van der Waals surface area (Å²) in [6.45, 7) is 0.297. The molecular formula is C16H13F3N6O2S. The van der Waals surface area contributed by atoms with Crippen molar-refractivity contribution in [2.45, 2.75) is 18.1 Å². The maximum Gasteiger partial charge on any atom is 0.573 e. The van der Waals surface area contributed by atoms with Gasteiger partial charge in [0.15, 0.2) is 0 Å².